The van der Waals surface area contributed by atoms with E-state index in [0.29, 0.717) is 0 Å². The summed E-state index contributed by atoms with van der Waals surface area (Å²) >= 11 is 0. The predicted octanol–water partition coefficient (Wildman–Crippen LogP) is 5.26. The van der Waals surface area contributed by atoms with Crippen LogP contribution in [-0.4, -0.2) is 8.80 Å². The summed E-state index contributed by atoms with van der Waals surface area (Å²) in [6.45, 7) is 0. The normalized spacial score (nSPS) is 12.2. The third-order valence-electron chi connectivity index (χ3n) is 4.36. The maximum Gasteiger partial charge on any atom is 0.154 e. The van der Waals surface area contributed by atoms with Crippen molar-refractivity contribution in [1.29, 1.82) is 0 Å². The van der Waals surface area contributed by atoms with E-state index < -0.39 is 8.80 Å². The number of benzene rings is 3. The molecule has 2 aliphatic rings. The molecular weight excluding hydrogens is 555 g/mol. The van der Waals surface area contributed by atoms with E-state index in [-0.39, 0.29) is 33.3 Å². The molecule has 0 bridgehead atoms. The summed E-state index contributed by atoms with van der Waals surface area (Å²) in [6.07, 6.45) is 20.0. The van der Waals surface area contributed by atoms with Crippen LogP contribution in [0.5, 0.6) is 0 Å². The van der Waals surface area contributed by atoms with E-state index in [0.717, 1.165) is 12.8 Å². The second kappa shape index (κ2) is 16.4. The Labute approximate surface area is 209 Å². The van der Waals surface area contributed by atoms with Gasteiger partial charge < -0.3 is 7.43 Å². The molecule has 0 unspecified atom stereocenters. The minimum absolute atomic E-state index is 0. The van der Waals surface area contributed by atoms with E-state index in [1.165, 1.54) is 15.6 Å². The summed E-state index contributed by atoms with van der Waals surface area (Å²) in [5.41, 5.74) is 0. The Hall–Kier alpha value is -2.29. The minimum Gasteiger partial charge on any atom is -0.358 e. The van der Waals surface area contributed by atoms with Gasteiger partial charge in [0, 0.05) is 25.8 Å². The van der Waals surface area contributed by atoms with Gasteiger partial charge in [-0.3, -0.25) is 12.2 Å². The van der Waals surface area contributed by atoms with Crippen molar-refractivity contribution >= 4 is 24.4 Å². The molecule has 0 spiro atoms. The van der Waals surface area contributed by atoms with Gasteiger partial charge in [0.05, 0.1) is 0 Å². The first-order valence-electron chi connectivity index (χ1n) is 9.92. The average molecular weight is 583 g/mol. The van der Waals surface area contributed by atoms with E-state index in [1.807, 2.05) is 24.3 Å². The van der Waals surface area contributed by atoms with E-state index in [1.54, 1.807) is 0 Å². The van der Waals surface area contributed by atoms with Gasteiger partial charge in [-0.25, -0.2) is 24.3 Å². The van der Waals surface area contributed by atoms with Gasteiger partial charge in [-0.1, -0.05) is 107 Å². The topological polar surface area (TPSA) is 0 Å². The van der Waals surface area contributed by atoms with Crippen molar-refractivity contribution in [3.8, 4) is 0 Å². The molecule has 5 rings (SSSR count). The van der Waals surface area contributed by atoms with Gasteiger partial charge in [0.2, 0.25) is 0 Å². The van der Waals surface area contributed by atoms with Crippen molar-refractivity contribution in [2.75, 3.05) is 0 Å². The average Bonchev–Trinajstić information content (AvgIpc) is 3.55. The summed E-state index contributed by atoms with van der Waals surface area (Å²) in [5.74, 6) is 0. The summed E-state index contributed by atoms with van der Waals surface area (Å²) in [5, 5.41) is 4.31. The van der Waals surface area contributed by atoms with Crippen molar-refractivity contribution in [3.05, 3.63) is 147 Å². The summed E-state index contributed by atoms with van der Waals surface area (Å²) < 4.78 is 0. The van der Waals surface area contributed by atoms with Gasteiger partial charge in [0.1, 0.15) is 0 Å². The van der Waals surface area contributed by atoms with E-state index in [9.17, 15) is 0 Å². The SMILES string of the molecule is [C-]1=CC=CC1.[C-]1=CC=CC1.[CH3-].[Hf].c1ccc([Si](c2ccccc2)c2ccccc2)cc1. The molecule has 0 N–H and O–H groups in total. The summed E-state index contributed by atoms with van der Waals surface area (Å²) in [6, 6.07) is 32.5. The minimum atomic E-state index is -0.877. The molecule has 0 aromatic heterocycles. The monoisotopic (exact) mass is 584 g/mol. The smallest absolute Gasteiger partial charge is 0.154 e. The third kappa shape index (κ3) is 9.58. The first-order chi connectivity index (χ1) is 14.4. The zero-order valence-electron chi connectivity index (χ0n) is 18.0. The van der Waals surface area contributed by atoms with Crippen molar-refractivity contribution in [2.24, 2.45) is 0 Å². The van der Waals surface area contributed by atoms with Crippen LogP contribution in [0, 0.1) is 19.6 Å². The Morgan fingerprint density at radius 3 is 1.03 bits per heavy atom. The molecule has 0 saturated carbocycles. The third-order valence-corrected chi connectivity index (χ3v) is 7.09. The van der Waals surface area contributed by atoms with Crippen LogP contribution in [-0.2, 0) is 25.8 Å². The van der Waals surface area contributed by atoms with E-state index >= 15 is 0 Å². The zero-order chi connectivity index (χ0) is 20.0. The first kappa shape index (κ1) is 26.7. The molecule has 3 aromatic carbocycles. The molecule has 0 saturated heterocycles. The van der Waals surface area contributed by atoms with Crippen molar-refractivity contribution in [2.45, 2.75) is 12.8 Å². The zero-order valence-corrected chi connectivity index (χ0v) is 22.6. The molecule has 0 aliphatic heterocycles. The maximum atomic E-state index is 2.99. The van der Waals surface area contributed by atoms with Crippen LogP contribution in [0.15, 0.2) is 127 Å². The molecule has 0 nitrogen and oxygen atoms in total. The van der Waals surface area contributed by atoms with Gasteiger partial charge in [-0.15, -0.1) is 12.8 Å². The second-order valence-corrected chi connectivity index (χ2v) is 8.96. The van der Waals surface area contributed by atoms with Crippen LogP contribution < -0.4 is 15.6 Å². The number of rotatable bonds is 3. The molecule has 1 radical (unpaired) electrons. The Morgan fingerprint density at radius 2 is 0.839 bits per heavy atom. The predicted molar refractivity (Wildman–Crippen MR) is 134 cm³/mol. The Balaban J connectivity index is 0.000000331. The Kier molecular flexibility index (Phi) is 14.2. The van der Waals surface area contributed by atoms with Crippen LogP contribution in [0.2, 0.25) is 0 Å². The standard InChI is InChI=1S/C18H15Si.2C5H5.CH3.Hf/c1-4-10-16(11-5-1)19(17-12-6-2-7-13-17)18-14-8-3-9-15-18;2*1-2-4-5-3-1;;/h1-15H;2*1-3H,4H2;1H3;/q;3*-1;. The Bertz CT molecular complexity index is 806. The fourth-order valence-electron chi connectivity index (χ4n) is 2.99. The Morgan fingerprint density at radius 1 is 0.516 bits per heavy atom. The van der Waals surface area contributed by atoms with Gasteiger partial charge in [0.15, 0.2) is 8.80 Å². The first-order valence-corrected chi connectivity index (χ1v) is 11.4. The van der Waals surface area contributed by atoms with Gasteiger partial charge in [0.25, 0.3) is 0 Å². The quantitative estimate of drug-likeness (QED) is 0.224. The van der Waals surface area contributed by atoms with Crippen molar-refractivity contribution in [1.82, 2.24) is 0 Å². The number of hydrogen-bond donors (Lipinski definition) is 0. The van der Waals surface area contributed by atoms with E-state index in [2.05, 4.69) is 115 Å². The summed E-state index contributed by atoms with van der Waals surface area (Å²) in [4.78, 5) is 0. The van der Waals surface area contributed by atoms with Crippen LogP contribution in [0.3, 0.4) is 0 Å². The van der Waals surface area contributed by atoms with Gasteiger partial charge in [-0.05, 0) is 0 Å². The van der Waals surface area contributed by atoms with Gasteiger partial charge in [-0.2, -0.15) is 12.2 Å². The number of allylic oxidation sites excluding steroid dienone is 8. The molecule has 155 valence electrons. The number of hydrogen-bond acceptors (Lipinski definition) is 0. The van der Waals surface area contributed by atoms with Crippen molar-refractivity contribution in [3.63, 3.8) is 0 Å². The molecule has 3 aromatic rings. The molecule has 2 aliphatic carbocycles. The molecular formula is C29H28HfSi-3. The van der Waals surface area contributed by atoms with E-state index in [4.69, 9.17) is 0 Å². The van der Waals surface area contributed by atoms with Crippen molar-refractivity contribution < 1.29 is 25.8 Å². The van der Waals surface area contributed by atoms with Crippen LogP contribution in [0.4, 0.5) is 0 Å². The van der Waals surface area contributed by atoms with Crippen LogP contribution >= 0.6 is 0 Å². The fraction of sp³-hybridized carbons (Fsp3) is 0.0690. The van der Waals surface area contributed by atoms with Gasteiger partial charge >= 0.3 is 0 Å². The molecule has 0 atom stereocenters. The molecule has 2 heteroatoms. The second-order valence-electron chi connectivity index (χ2n) is 6.48. The van der Waals surface area contributed by atoms with Crippen LogP contribution in [0.25, 0.3) is 0 Å². The maximum absolute atomic E-state index is 2.99. The molecule has 0 fully saturated rings. The molecule has 31 heavy (non-hydrogen) atoms. The largest absolute Gasteiger partial charge is 0.358 e. The van der Waals surface area contributed by atoms with Crippen LogP contribution in [0.1, 0.15) is 12.8 Å². The molecule has 0 amide bonds. The summed E-state index contributed by atoms with van der Waals surface area (Å²) in [7, 11) is -0.877. The molecule has 0 heterocycles. The fourth-order valence-corrected chi connectivity index (χ4v) is 5.57.